The lowest BCUT2D eigenvalue weighted by Crippen LogP contribution is -2.45. The molecule has 0 bridgehead atoms. The highest BCUT2D eigenvalue weighted by atomic mass is 16.2. The Morgan fingerprint density at radius 1 is 1.14 bits per heavy atom. The van der Waals surface area contributed by atoms with Gasteiger partial charge in [0, 0.05) is 18.2 Å². The van der Waals surface area contributed by atoms with Gasteiger partial charge in [-0.15, -0.1) is 0 Å². The zero-order valence-electron chi connectivity index (χ0n) is 8.40. The average molecular weight is 193 g/mol. The van der Waals surface area contributed by atoms with E-state index < -0.39 is 0 Å². The molecule has 0 aromatic carbocycles. The molecule has 76 valence electrons. The molecule has 0 spiro atoms. The smallest absolute Gasteiger partial charge is 0.253 e. The lowest BCUT2D eigenvalue weighted by Gasteiger charge is -2.34. The quantitative estimate of drug-likeness (QED) is 0.592. The predicted octanol–water partition coefficient (Wildman–Crippen LogP) is 1.49. The summed E-state index contributed by atoms with van der Waals surface area (Å²) < 4.78 is 0. The lowest BCUT2D eigenvalue weighted by atomic mass is 9.85. The first-order valence-corrected chi connectivity index (χ1v) is 5.25. The van der Waals surface area contributed by atoms with Crippen molar-refractivity contribution in [1.29, 1.82) is 0 Å². The van der Waals surface area contributed by atoms with Gasteiger partial charge in [-0.05, 0) is 18.8 Å². The minimum absolute atomic E-state index is 0.131. The van der Waals surface area contributed by atoms with Crippen LogP contribution in [-0.2, 0) is 9.59 Å². The normalized spacial score (nSPS) is 32.8. The molecule has 0 aromatic rings. The number of rotatable bonds is 1. The average Bonchev–Trinajstić information content (AvgIpc) is 2.48. The second kappa shape index (κ2) is 3.56. The molecule has 2 atom stereocenters. The second-order valence-electron chi connectivity index (χ2n) is 4.21. The van der Waals surface area contributed by atoms with Crippen LogP contribution in [0.4, 0.5) is 0 Å². The maximum Gasteiger partial charge on any atom is 0.253 e. The number of hydrogen-bond acceptors (Lipinski definition) is 2. The van der Waals surface area contributed by atoms with Crippen LogP contribution >= 0.6 is 0 Å². The van der Waals surface area contributed by atoms with E-state index in [0.29, 0.717) is 5.92 Å². The van der Waals surface area contributed by atoms with Crippen LogP contribution in [0, 0.1) is 5.92 Å². The number of amides is 2. The fraction of sp³-hybridized carbons (Fsp3) is 0.636. The van der Waals surface area contributed by atoms with Crippen LogP contribution in [0.25, 0.3) is 0 Å². The summed E-state index contributed by atoms with van der Waals surface area (Å²) in [5.74, 6) is 0.194. The van der Waals surface area contributed by atoms with Crippen LogP contribution in [0.5, 0.6) is 0 Å². The standard InChI is InChI=1S/C11H15NO2/c1-8-4-2-3-5-9(8)12-10(13)6-7-11(12)14/h6-9H,2-5H2,1H3/t8-,9-/m1/s1. The third kappa shape index (κ3) is 1.47. The van der Waals surface area contributed by atoms with Gasteiger partial charge in [0.25, 0.3) is 11.8 Å². The van der Waals surface area contributed by atoms with Crippen molar-refractivity contribution < 1.29 is 9.59 Å². The Hall–Kier alpha value is -1.12. The third-order valence-corrected chi connectivity index (χ3v) is 3.24. The molecule has 0 unspecified atom stereocenters. The van der Waals surface area contributed by atoms with Crippen molar-refractivity contribution in [2.75, 3.05) is 0 Å². The first-order valence-electron chi connectivity index (χ1n) is 5.25. The summed E-state index contributed by atoms with van der Waals surface area (Å²) in [7, 11) is 0. The summed E-state index contributed by atoms with van der Waals surface area (Å²) in [6, 6.07) is 0.138. The van der Waals surface area contributed by atoms with Crippen LogP contribution in [0.2, 0.25) is 0 Å². The zero-order chi connectivity index (χ0) is 10.1. The van der Waals surface area contributed by atoms with E-state index in [0.717, 1.165) is 19.3 Å². The van der Waals surface area contributed by atoms with Crippen molar-refractivity contribution in [2.45, 2.75) is 38.6 Å². The molecule has 0 aromatic heterocycles. The van der Waals surface area contributed by atoms with Gasteiger partial charge in [-0.2, -0.15) is 0 Å². The Bertz CT molecular complexity index is 278. The molecule has 0 N–H and O–H groups in total. The third-order valence-electron chi connectivity index (χ3n) is 3.24. The molecule has 1 heterocycles. The first-order chi connectivity index (χ1) is 6.70. The van der Waals surface area contributed by atoms with Gasteiger partial charge < -0.3 is 0 Å². The van der Waals surface area contributed by atoms with Gasteiger partial charge in [0.05, 0.1) is 0 Å². The van der Waals surface area contributed by atoms with Crippen molar-refractivity contribution in [1.82, 2.24) is 4.90 Å². The van der Waals surface area contributed by atoms with E-state index in [1.54, 1.807) is 0 Å². The van der Waals surface area contributed by atoms with Crippen LogP contribution in [0.3, 0.4) is 0 Å². The van der Waals surface area contributed by atoms with Crippen molar-refractivity contribution in [3.8, 4) is 0 Å². The van der Waals surface area contributed by atoms with Crippen LogP contribution in [0.15, 0.2) is 12.2 Å². The lowest BCUT2D eigenvalue weighted by molar-refractivity contribution is -0.141. The number of hydrogen-bond donors (Lipinski definition) is 0. The topological polar surface area (TPSA) is 37.4 Å². The van der Waals surface area contributed by atoms with Gasteiger partial charge in [0.1, 0.15) is 0 Å². The molecule has 3 nitrogen and oxygen atoms in total. The molecule has 1 aliphatic carbocycles. The molecule has 1 saturated carbocycles. The molecular weight excluding hydrogens is 178 g/mol. The van der Waals surface area contributed by atoms with Crippen molar-refractivity contribution in [3.63, 3.8) is 0 Å². The summed E-state index contributed by atoms with van der Waals surface area (Å²) in [5.41, 5.74) is 0. The minimum Gasteiger partial charge on any atom is -0.272 e. The van der Waals surface area contributed by atoms with Crippen LogP contribution < -0.4 is 0 Å². The molecule has 2 rings (SSSR count). The highest BCUT2D eigenvalue weighted by Gasteiger charge is 2.35. The van der Waals surface area contributed by atoms with Crippen molar-refractivity contribution >= 4 is 11.8 Å². The number of carbonyl (C=O) groups is 2. The molecular formula is C11H15NO2. The first kappa shape index (κ1) is 9.44. The summed E-state index contributed by atoms with van der Waals surface area (Å²) in [6.07, 6.45) is 7.21. The molecule has 2 amide bonds. The molecule has 1 aliphatic heterocycles. The maximum atomic E-state index is 11.4. The predicted molar refractivity (Wildman–Crippen MR) is 52.4 cm³/mol. The highest BCUT2D eigenvalue weighted by Crippen LogP contribution is 2.29. The monoisotopic (exact) mass is 193 g/mol. The van der Waals surface area contributed by atoms with E-state index in [9.17, 15) is 9.59 Å². The van der Waals surface area contributed by atoms with E-state index in [-0.39, 0.29) is 17.9 Å². The number of carbonyl (C=O) groups excluding carboxylic acids is 2. The summed E-state index contributed by atoms with van der Waals surface area (Å²) in [4.78, 5) is 24.3. The van der Waals surface area contributed by atoms with Gasteiger partial charge in [0.15, 0.2) is 0 Å². The van der Waals surface area contributed by atoms with Gasteiger partial charge in [-0.3, -0.25) is 14.5 Å². The Balaban J connectivity index is 2.13. The highest BCUT2D eigenvalue weighted by molar-refractivity contribution is 6.13. The van der Waals surface area contributed by atoms with E-state index in [2.05, 4.69) is 6.92 Å². The zero-order valence-corrected chi connectivity index (χ0v) is 8.40. The second-order valence-corrected chi connectivity index (χ2v) is 4.21. The maximum absolute atomic E-state index is 11.4. The van der Waals surface area contributed by atoms with Gasteiger partial charge in [-0.25, -0.2) is 0 Å². The Morgan fingerprint density at radius 3 is 2.29 bits per heavy atom. The largest absolute Gasteiger partial charge is 0.272 e. The fourth-order valence-electron chi connectivity index (χ4n) is 2.42. The molecule has 0 saturated heterocycles. The van der Waals surface area contributed by atoms with Crippen molar-refractivity contribution in [2.24, 2.45) is 5.92 Å². The van der Waals surface area contributed by atoms with Gasteiger partial charge in [0.2, 0.25) is 0 Å². The Labute approximate surface area is 83.8 Å². The minimum atomic E-state index is -0.131. The number of nitrogens with zero attached hydrogens (tertiary/aromatic N) is 1. The van der Waals surface area contributed by atoms with E-state index in [1.165, 1.54) is 23.5 Å². The van der Waals surface area contributed by atoms with E-state index >= 15 is 0 Å². The van der Waals surface area contributed by atoms with Crippen LogP contribution in [0.1, 0.15) is 32.6 Å². The Morgan fingerprint density at radius 2 is 1.71 bits per heavy atom. The van der Waals surface area contributed by atoms with Gasteiger partial charge >= 0.3 is 0 Å². The van der Waals surface area contributed by atoms with Crippen LogP contribution in [-0.4, -0.2) is 22.8 Å². The van der Waals surface area contributed by atoms with E-state index in [4.69, 9.17) is 0 Å². The molecule has 1 fully saturated rings. The number of imide groups is 1. The molecule has 0 radical (unpaired) electrons. The van der Waals surface area contributed by atoms with E-state index in [1.807, 2.05) is 0 Å². The molecule has 3 heteroatoms. The van der Waals surface area contributed by atoms with Gasteiger partial charge in [-0.1, -0.05) is 19.8 Å². The SMILES string of the molecule is C[C@@H]1CCCC[C@H]1N1C(=O)C=CC1=O. The molecule has 14 heavy (non-hydrogen) atoms. The fourth-order valence-corrected chi connectivity index (χ4v) is 2.42. The molecule has 2 aliphatic rings. The summed E-state index contributed by atoms with van der Waals surface area (Å²) in [6.45, 7) is 2.13. The summed E-state index contributed by atoms with van der Waals surface area (Å²) >= 11 is 0. The van der Waals surface area contributed by atoms with Crippen molar-refractivity contribution in [3.05, 3.63) is 12.2 Å². The Kier molecular flexibility index (Phi) is 2.40. The summed E-state index contributed by atoms with van der Waals surface area (Å²) in [5, 5.41) is 0.